The van der Waals surface area contributed by atoms with Crippen molar-refractivity contribution in [2.45, 2.75) is 11.4 Å². The highest BCUT2D eigenvalue weighted by molar-refractivity contribution is 8.00. The maximum atomic E-state index is 12.4. The molecule has 4 rings (SSSR count). The Kier molecular flexibility index (Phi) is 4.04. The van der Waals surface area contributed by atoms with E-state index < -0.39 is 0 Å². The van der Waals surface area contributed by atoms with Crippen LogP contribution in [0.2, 0.25) is 0 Å². The topological polar surface area (TPSA) is 85.1 Å². The summed E-state index contributed by atoms with van der Waals surface area (Å²) in [6, 6.07) is 12.7. The van der Waals surface area contributed by atoms with Crippen LogP contribution >= 0.6 is 11.8 Å². The van der Waals surface area contributed by atoms with E-state index in [1.165, 1.54) is 20.9 Å². The predicted molar refractivity (Wildman–Crippen MR) is 102 cm³/mol. The Bertz CT molecular complexity index is 1100. The summed E-state index contributed by atoms with van der Waals surface area (Å²) >= 11 is 1.46. The van der Waals surface area contributed by atoms with E-state index in [0.29, 0.717) is 22.6 Å². The van der Waals surface area contributed by atoms with Crippen molar-refractivity contribution >= 4 is 46.0 Å². The summed E-state index contributed by atoms with van der Waals surface area (Å²) in [7, 11) is 1.68. The number of carbonyl (C=O) groups is 2. The molecule has 0 aliphatic carbocycles. The van der Waals surface area contributed by atoms with Gasteiger partial charge in [0.05, 0.1) is 22.5 Å². The molecule has 7 nitrogen and oxygen atoms in total. The highest BCUT2D eigenvalue weighted by Crippen LogP contribution is 2.33. The number of para-hydroxylation sites is 2. The van der Waals surface area contributed by atoms with Gasteiger partial charge in [0, 0.05) is 17.6 Å². The lowest BCUT2D eigenvalue weighted by Gasteiger charge is -2.17. The molecule has 2 amide bonds. The number of rotatable bonds is 3. The van der Waals surface area contributed by atoms with Crippen molar-refractivity contribution < 1.29 is 9.59 Å². The number of imidazole rings is 1. The first-order chi connectivity index (χ1) is 12.5. The van der Waals surface area contributed by atoms with E-state index in [9.17, 15) is 14.4 Å². The fraction of sp³-hybridized carbons (Fsp3) is 0.167. The Balaban J connectivity index is 1.57. The van der Waals surface area contributed by atoms with Crippen LogP contribution in [0.1, 0.15) is 0 Å². The molecule has 2 N–H and O–H groups in total. The smallest absolute Gasteiger partial charge is 0.324 e. The fourth-order valence-electron chi connectivity index (χ4n) is 3.02. The van der Waals surface area contributed by atoms with E-state index in [-0.39, 0.29) is 24.0 Å². The summed E-state index contributed by atoms with van der Waals surface area (Å²) in [5, 5.41) is 5.58. The highest BCUT2D eigenvalue weighted by atomic mass is 32.2. The number of anilines is 2. The van der Waals surface area contributed by atoms with Gasteiger partial charge in [-0.1, -0.05) is 12.1 Å². The molecule has 8 heteroatoms. The van der Waals surface area contributed by atoms with Gasteiger partial charge >= 0.3 is 5.69 Å². The number of aromatic nitrogens is 2. The van der Waals surface area contributed by atoms with Crippen molar-refractivity contribution in [3.05, 3.63) is 52.9 Å². The molecule has 0 unspecified atom stereocenters. The summed E-state index contributed by atoms with van der Waals surface area (Å²) in [6.07, 6.45) is 0. The average Bonchev–Trinajstić information content (AvgIpc) is 2.87. The molecule has 0 atom stereocenters. The van der Waals surface area contributed by atoms with E-state index in [4.69, 9.17) is 0 Å². The average molecular weight is 368 g/mol. The van der Waals surface area contributed by atoms with Gasteiger partial charge in [0.1, 0.15) is 6.54 Å². The van der Waals surface area contributed by atoms with Crippen molar-refractivity contribution in [3.63, 3.8) is 0 Å². The Morgan fingerprint density at radius 2 is 1.96 bits per heavy atom. The van der Waals surface area contributed by atoms with E-state index in [1.807, 2.05) is 30.3 Å². The zero-order valence-corrected chi connectivity index (χ0v) is 14.8. The second kappa shape index (κ2) is 6.38. The van der Waals surface area contributed by atoms with Gasteiger partial charge in [-0.15, -0.1) is 11.8 Å². The molecular formula is C18H16N4O3S. The summed E-state index contributed by atoms with van der Waals surface area (Å²) in [5.41, 5.74) is 2.51. The normalized spacial score (nSPS) is 13.3. The zero-order valence-electron chi connectivity index (χ0n) is 14.0. The summed E-state index contributed by atoms with van der Waals surface area (Å²) in [6.45, 7) is -0.0849. The molecule has 1 aromatic heterocycles. The molecule has 3 aromatic rings. The van der Waals surface area contributed by atoms with Gasteiger partial charge in [-0.2, -0.15) is 0 Å². The molecule has 0 bridgehead atoms. The van der Waals surface area contributed by atoms with Crippen LogP contribution in [0.3, 0.4) is 0 Å². The molecule has 0 saturated carbocycles. The molecular weight excluding hydrogens is 352 g/mol. The van der Waals surface area contributed by atoms with Crippen LogP contribution in [0.4, 0.5) is 11.4 Å². The quantitative estimate of drug-likeness (QED) is 0.741. The minimum Gasteiger partial charge on any atom is -0.324 e. The number of thioether (sulfide) groups is 1. The molecule has 132 valence electrons. The molecule has 0 fully saturated rings. The third kappa shape index (κ3) is 2.88. The van der Waals surface area contributed by atoms with Gasteiger partial charge in [0.15, 0.2) is 0 Å². The van der Waals surface area contributed by atoms with Crippen molar-refractivity contribution in [1.29, 1.82) is 0 Å². The lowest BCUT2D eigenvalue weighted by molar-refractivity contribution is -0.116. The lowest BCUT2D eigenvalue weighted by atomic mass is 10.2. The van der Waals surface area contributed by atoms with Crippen LogP contribution in [0.5, 0.6) is 0 Å². The third-order valence-electron chi connectivity index (χ3n) is 4.25. The molecule has 2 aromatic carbocycles. The van der Waals surface area contributed by atoms with E-state index in [2.05, 4.69) is 10.6 Å². The first kappa shape index (κ1) is 16.5. The Labute approximate surface area is 153 Å². The van der Waals surface area contributed by atoms with Crippen LogP contribution < -0.4 is 16.3 Å². The number of aryl methyl sites for hydroxylation is 1. The zero-order chi connectivity index (χ0) is 18.3. The van der Waals surface area contributed by atoms with Gasteiger partial charge < -0.3 is 10.6 Å². The third-order valence-corrected chi connectivity index (χ3v) is 5.32. The molecule has 26 heavy (non-hydrogen) atoms. The van der Waals surface area contributed by atoms with Crippen molar-refractivity contribution in [2.75, 3.05) is 16.4 Å². The van der Waals surface area contributed by atoms with Gasteiger partial charge in [-0.25, -0.2) is 4.79 Å². The molecule has 1 aliphatic heterocycles. The molecule has 2 heterocycles. The number of benzene rings is 2. The number of hydrogen-bond donors (Lipinski definition) is 2. The van der Waals surface area contributed by atoms with Crippen LogP contribution in [0.15, 0.2) is 52.2 Å². The monoisotopic (exact) mass is 368 g/mol. The van der Waals surface area contributed by atoms with Crippen LogP contribution in [0, 0.1) is 0 Å². The summed E-state index contributed by atoms with van der Waals surface area (Å²) < 4.78 is 2.97. The Morgan fingerprint density at radius 3 is 2.77 bits per heavy atom. The highest BCUT2D eigenvalue weighted by Gasteiger charge is 2.17. The number of amides is 2. The second-order valence-electron chi connectivity index (χ2n) is 6.01. The van der Waals surface area contributed by atoms with Crippen molar-refractivity contribution in [1.82, 2.24) is 9.13 Å². The summed E-state index contributed by atoms with van der Waals surface area (Å²) in [4.78, 5) is 37.3. The van der Waals surface area contributed by atoms with Crippen molar-refractivity contribution in [3.8, 4) is 0 Å². The largest absolute Gasteiger partial charge is 0.329 e. The lowest BCUT2D eigenvalue weighted by Crippen LogP contribution is -2.28. The van der Waals surface area contributed by atoms with Gasteiger partial charge in [-0.05, 0) is 30.3 Å². The number of carbonyl (C=O) groups excluding carboxylic acids is 2. The minimum atomic E-state index is -0.307. The van der Waals surface area contributed by atoms with Gasteiger partial charge in [0.2, 0.25) is 11.8 Å². The molecule has 0 radical (unpaired) electrons. The molecule has 0 saturated heterocycles. The van der Waals surface area contributed by atoms with Gasteiger partial charge in [0.25, 0.3) is 0 Å². The number of fused-ring (bicyclic) bond motifs is 2. The van der Waals surface area contributed by atoms with Crippen LogP contribution in [-0.4, -0.2) is 26.7 Å². The Hall–Kier alpha value is -3.00. The Morgan fingerprint density at radius 1 is 1.19 bits per heavy atom. The SMILES string of the molecule is Cn1c(=O)n(CC(=O)Nc2ccc3c(c2)NC(=O)CS3)c2ccccc21. The number of nitrogens with one attached hydrogen (secondary N) is 2. The van der Waals surface area contributed by atoms with E-state index in [0.717, 1.165) is 10.4 Å². The van der Waals surface area contributed by atoms with E-state index >= 15 is 0 Å². The predicted octanol–water partition coefficient (Wildman–Crippen LogP) is 2.02. The molecule has 1 aliphatic rings. The standard InChI is InChI=1S/C18H16N4O3S/c1-21-13-4-2-3-5-14(13)22(18(21)25)9-16(23)19-11-6-7-15-12(8-11)20-17(24)10-26-15/h2-8H,9-10H2,1H3,(H,19,23)(H,20,24). The minimum absolute atomic E-state index is 0.0618. The molecule has 0 spiro atoms. The van der Waals surface area contributed by atoms with Crippen LogP contribution in [0.25, 0.3) is 11.0 Å². The summed E-state index contributed by atoms with van der Waals surface area (Å²) in [5.74, 6) is 0.0226. The number of nitrogens with zero attached hydrogens (tertiary/aromatic N) is 2. The van der Waals surface area contributed by atoms with Crippen LogP contribution in [-0.2, 0) is 23.2 Å². The first-order valence-corrected chi connectivity index (χ1v) is 9.02. The maximum absolute atomic E-state index is 12.4. The van der Waals surface area contributed by atoms with E-state index in [1.54, 1.807) is 19.2 Å². The number of hydrogen-bond acceptors (Lipinski definition) is 4. The maximum Gasteiger partial charge on any atom is 0.329 e. The van der Waals surface area contributed by atoms with Crippen molar-refractivity contribution in [2.24, 2.45) is 7.05 Å². The first-order valence-electron chi connectivity index (χ1n) is 8.04. The second-order valence-corrected chi connectivity index (χ2v) is 7.03. The fourth-order valence-corrected chi connectivity index (χ4v) is 3.81. The van der Waals surface area contributed by atoms with Gasteiger partial charge in [-0.3, -0.25) is 18.7 Å².